The second kappa shape index (κ2) is 7.22. The summed E-state index contributed by atoms with van der Waals surface area (Å²) in [7, 11) is 1.69. The number of aromatic nitrogens is 3. The second-order valence-corrected chi connectivity index (χ2v) is 5.04. The third kappa shape index (κ3) is 3.24. The van der Waals surface area contributed by atoms with E-state index in [1.807, 2.05) is 17.1 Å². The average Bonchev–Trinajstić information content (AvgIpc) is 2.89. The highest BCUT2D eigenvalue weighted by Crippen LogP contribution is 2.31. The van der Waals surface area contributed by atoms with Crippen LogP contribution >= 0.6 is 0 Å². The third-order valence-corrected chi connectivity index (χ3v) is 3.56. The monoisotopic (exact) mass is 288 g/mol. The van der Waals surface area contributed by atoms with Crippen molar-refractivity contribution in [2.75, 3.05) is 13.7 Å². The lowest BCUT2D eigenvalue weighted by molar-refractivity contribution is 0.398. The summed E-state index contributed by atoms with van der Waals surface area (Å²) in [6.07, 6.45) is 6.56. The minimum Gasteiger partial charge on any atom is -0.493 e. The van der Waals surface area contributed by atoms with Crippen LogP contribution in [-0.4, -0.2) is 28.4 Å². The summed E-state index contributed by atoms with van der Waals surface area (Å²) in [6, 6.07) is 2.12. The molecule has 21 heavy (non-hydrogen) atoms. The zero-order valence-corrected chi connectivity index (χ0v) is 13.3. The van der Waals surface area contributed by atoms with Crippen LogP contribution in [0.25, 0.3) is 0 Å². The maximum atomic E-state index is 5.52. The number of hydrogen-bond donors (Lipinski definition) is 1. The number of pyridine rings is 1. The van der Waals surface area contributed by atoms with E-state index in [2.05, 4.69) is 42.2 Å². The van der Waals surface area contributed by atoms with E-state index in [-0.39, 0.29) is 6.04 Å². The molecular weight excluding hydrogens is 264 g/mol. The standard InChI is InChI=1S/C16H24N4O/c1-5-9-20-16(14(21-4)11-19-20)15(18-6-2)13-7-8-17-10-12(13)3/h7-8,10-11,15,18H,5-6,9H2,1-4H3. The Bertz CT molecular complexity index is 579. The van der Waals surface area contributed by atoms with E-state index in [4.69, 9.17) is 4.74 Å². The molecule has 0 aliphatic carbocycles. The molecule has 0 saturated heterocycles. The van der Waals surface area contributed by atoms with Gasteiger partial charge in [-0.25, -0.2) is 0 Å². The fourth-order valence-electron chi connectivity index (χ4n) is 2.58. The number of ether oxygens (including phenoxy) is 1. The summed E-state index contributed by atoms with van der Waals surface area (Å²) in [4.78, 5) is 4.19. The zero-order valence-electron chi connectivity index (χ0n) is 13.3. The summed E-state index contributed by atoms with van der Waals surface area (Å²) >= 11 is 0. The number of nitrogens with zero attached hydrogens (tertiary/aromatic N) is 3. The Balaban J connectivity index is 2.52. The van der Waals surface area contributed by atoms with E-state index in [1.54, 1.807) is 13.3 Å². The van der Waals surface area contributed by atoms with Gasteiger partial charge in [-0.2, -0.15) is 5.10 Å². The maximum absolute atomic E-state index is 5.52. The van der Waals surface area contributed by atoms with Crippen LogP contribution in [0, 0.1) is 6.92 Å². The molecule has 5 nitrogen and oxygen atoms in total. The molecule has 0 fully saturated rings. The Morgan fingerprint density at radius 3 is 2.76 bits per heavy atom. The first-order valence-electron chi connectivity index (χ1n) is 7.46. The van der Waals surface area contributed by atoms with Crippen molar-refractivity contribution in [3.05, 3.63) is 41.5 Å². The van der Waals surface area contributed by atoms with Gasteiger partial charge in [-0.3, -0.25) is 9.67 Å². The molecule has 1 unspecified atom stereocenters. The molecule has 0 aliphatic rings. The van der Waals surface area contributed by atoms with Crippen LogP contribution < -0.4 is 10.1 Å². The quantitative estimate of drug-likeness (QED) is 0.851. The average molecular weight is 288 g/mol. The lowest BCUT2D eigenvalue weighted by Gasteiger charge is -2.22. The Labute approximate surface area is 126 Å². The smallest absolute Gasteiger partial charge is 0.161 e. The van der Waals surface area contributed by atoms with Crippen molar-refractivity contribution in [2.45, 2.75) is 39.8 Å². The van der Waals surface area contributed by atoms with Crippen LogP contribution in [0.5, 0.6) is 5.75 Å². The summed E-state index contributed by atoms with van der Waals surface area (Å²) in [5.74, 6) is 0.825. The molecule has 0 saturated carbocycles. The molecule has 2 aromatic heterocycles. The van der Waals surface area contributed by atoms with Gasteiger partial charge in [0.2, 0.25) is 0 Å². The normalized spacial score (nSPS) is 12.4. The molecule has 0 bridgehead atoms. The maximum Gasteiger partial charge on any atom is 0.161 e. The molecular formula is C16H24N4O. The van der Waals surface area contributed by atoms with Crippen molar-refractivity contribution in [1.82, 2.24) is 20.1 Å². The van der Waals surface area contributed by atoms with Crippen LogP contribution in [0.1, 0.15) is 43.1 Å². The first-order valence-corrected chi connectivity index (χ1v) is 7.46. The van der Waals surface area contributed by atoms with Crippen molar-refractivity contribution in [3.63, 3.8) is 0 Å². The largest absolute Gasteiger partial charge is 0.493 e. The molecule has 2 heterocycles. The van der Waals surface area contributed by atoms with Crippen LogP contribution in [0.4, 0.5) is 0 Å². The van der Waals surface area contributed by atoms with Crippen molar-refractivity contribution < 1.29 is 4.74 Å². The first-order chi connectivity index (χ1) is 10.2. The van der Waals surface area contributed by atoms with Crippen molar-refractivity contribution in [1.29, 1.82) is 0 Å². The van der Waals surface area contributed by atoms with Gasteiger partial charge in [0.05, 0.1) is 19.3 Å². The molecule has 5 heteroatoms. The predicted molar refractivity (Wildman–Crippen MR) is 83.6 cm³/mol. The van der Waals surface area contributed by atoms with Gasteiger partial charge >= 0.3 is 0 Å². The van der Waals surface area contributed by atoms with Gasteiger partial charge in [-0.1, -0.05) is 13.8 Å². The highest BCUT2D eigenvalue weighted by atomic mass is 16.5. The highest BCUT2D eigenvalue weighted by molar-refractivity contribution is 5.38. The molecule has 1 N–H and O–H groups in total. The molecule has 0 aromatic carbocycles. The first kappa shape index (κ1) is 15.5. The van der Waals surface area contributed by atoms with Gasteiger partial charge < -0.3 is 10.1 Å². The van der Waals surface area contributed by atoms with Crippen molar-refractivity contribution >= 4 is 0 Å². The van der Waals surface area contributed by atoms with Crippen LogP contribution in [0.3, 0.4) is 0 Å². The van der Waals surface area contributed by atoms with Crippen molar-refractivity contribution in [3.8, 4) is 5.75 Å². The SMILES string of the molecule is CCCn1ncc(OC)c1C(NCC)c1ccncc1C. The number of hydrogen-bond acceptors (Lipinski definition) is 4. The molecule has 2 rings (SSSR count). The second-order valence-electron chi connectivity index (χ2n) is 5.04. The van der Waals surface area contributed by atoms with E-state index in [0.717, 1.165) is 36.5 Å². The predicted octanol–water partition coefficient (Wildman–Crippen LogP) is 2.70. The lowest BCUT2D eigenvalue weighted by atomic mass is 10.00. The summed E-state index contributed by atoms with van der Waals surface area (Å²) in [5, 5.41) is 8.02. The Kier molecular flexibility index (Phi) is 5.33. The molecule has 0 spiro atoms. The van der Waals surface area contributed by atoms with Gasteiger partial charge in [-0.15, -0.1) is 0 Å². The Morgan fingerprint density at radius 2 is 2.14 bits per heavy atom. The van der Waals surface area contributed by atoms with Gasteiger partial charge in [0, 0.05) is 18.9 Å². The van der Waals surface area contributed by atoms with Gasteiger partial charge in [-0.05, 0) is 37.1 Å². The third-order valence-electron chi connectivity index (χ3n) is 3.56. The molecule has 114 valence electrons. The number of methoxy groups -OCH3 is 1. The highest BCUT2D eigenvalue weighted by Gasteiger charge is 2.24. The lowest BCUT2D eigenvalue weighted by Crippen LogP contribution is -2.26. The van der Waals surface area contributed by atoms with E-state index < -0.39 is 0 Å². The van der Waals surface area contributed by atoms with E-state index in [0.29, 0.717) is 0 Å². The van der Waals surface area contributed by atoms with Crippen LogP contribution in [-0.2, 0) is 6.54 Å². The van der Waals surface area contributed by atoms with E-state index >= 15 is 0 Å². The van der Waals surface area contributed by atoms with E-state index in [1.165, 1.54) is 5.56 Å². The zero-order chi connectivity index (χ0) is 15.2. The van der Waals surface area contributed by atoms with Gasteiger partial charge in [0.25, 0.3) is 0 Å². The fourth-order valence-corrected chi connectivity index (χ4v) is 2.58. The van der Waals surface area contributed by atoms with Gasteiger partial charge in [0.15, 0.2) is 5.75 Å². The minimum absolute atomic E-state index is 0.0574. The Morgan fingerprint density at radius 1 is 1.33 bits per heavy atom. The molecule has 1 atom stereocenters. The summed E-state index contributed by atoms with van der Waals surface area (Å²) in [6.45, 7) is 8.09. The fraction of sp³-hybridized carbons (Fsp3) is 0.500. The number of aryl methyl sites for hydroxylation is 2. The molecule has 0 radical (unpaired) electrons. The molecule has 0 amide bonds. The number of rotatable bonds is 7. The summed E-state index contributed by atoms with van der Waals surface area (Å²) < 4.78 is 7.56. The van der Waals surface area contributed by atoms with Gasteiger partial charge in [0.1, 0.15) is 5.69 Å². The summed E-state index contributed by atoms with van der Waals surface area (Å²) in [5.41, 5.74) is 3.45. The number of nitrogens with one attached hydrogen (secondary N) is 1. The minimum atomic E-state index is 0.0574. The van der Waals surface area contributed by atoms with E-state index in [9.17, 15) is 0 Å². The van der Waals surface area contributed by atoms with Crippen molar-refractivity contribution in [2.24, 2.45) is 0 Å². The molecule has 2 aromatic rings. The van der Waals surface area contributed by atoms with Crippen LogP contribution in [0.15, 0.2) is 24.7 Å². The van der Waals surface area contributed by atoms with Crippen LogP contribution in [0.2, 0.25) is 0 Å². The Hall–Kier alpha value is -1.88. The molecule has 0 aliphatic heterocycles. The topological polar surface area (TPSA) is 52.0 Å².